The van der Waals surface area contributed by atoms with Gasteiger partial charge in [-0.1, -0.05) is 22.8 Å². The molecule has 17 heavy (non-hydrogen) atoms. The molecule has 0 saturated heterocycles. The zero-order valence-electron chi connectivity index (χ0n) is 9.69. The van der Waals surface area contributed by atoms with Gasteiger partial charge in [0.1, 0.15) is 5.82 Å². The van der Waals surface area contributed by atoms with Crippen LogP contribution in [-0.2, 0) is 6.54 Å². The van der Waals surface area contributed by atoms with E-state index in [1.165, 1.54) is 12.1 Å². The molecule has 0 spiro atoms. The summed E-state index contributed by atoms with van der Waals surface area (Å²) in [5.74, 6) is -0.253. The Morgan fingerprint density at radius 2 is 2.29 bits per heavy atom. The van der Waals surface area contributed by atoms with Crippen LogP contribution in [0.2, 0.25) is 5.02 Å². The molecule has 0 bridgehead atoms. The van der Waals surface area contributed by atoms with Gasteiger partial charge < -0.3 is 10.9 Å². The van der Waals surface area contributed by atoms with E-state index in [1.807, 2.05) is 11.9 Å². The summed E-state index contributed by atoms with van der Waals surface area (Å²) >= 11 is 5.91. The highest BCUT2D eigenvalue weighted by Crippen LogP contribution is 2.19. The summed E-state index contributed by atoms with van der Waals surface area (Å²) in [5, 5.41) is 11.9. The zero-order chi connectivity index (χ0) is 13.0. The summed E-state index contributed by atoms with van der Waals surface area (Å²) in [7, 11) is 1.81. The van der Waals surface area contributed by atoms with Gasteiger partial charge in [-0.2, -0.15) is 0 Å². The number of hydrogen-bond acceptors (Lipinski definition) is 3. The van der Waals surface area contributed by atoms with Gasteiger partial charge in [-0.3, -0.25) is 4.90 Å². The van der Waals surface area contributed by atoms with E-state index in [2.05, 4.69) is 5.16 Å². The SMILES string of the molecule is CC(C(N)=NO)N(C)Cc1ccc(F)cc1Cl. The van der Waals surface area contributed by atoms with Crippen LogP contribution in [0.4, 0.5) is 4.39 Å². The first-order valence-corrected chi connectivity index (χ1v) is 5.45. The van der Waals surface area contributed by atoms with Crippen molar-refractivity contribution in [1.29, 1.82) is 0 Å². The van der Waals surface area contributed by atoms with Gasteiger partial charge in [0.05, 0.1) is 6.04 Å². The number of benzene rings is 1. The summed E-state index contributed by atoms with van der Waals surface area (Å²) in [5.41, 5.74) is 6.28. The topological polar surface area (TPSA) is 61.9 Å². The highest BCUT2D eigenvalue weighted by Gasteiger charge is 2.15. The minimum absolute atomic E-state index is 0.116. The molecule has 3 N–H and O–H groups in total. The second-order valence-electron chi connectivity index (χ2n) is 3.85. The van der Waals surface area contributed by atoms with E-state index < -0.39 is 0 Å². The molecular formula is C11H15ClFN3O. The van der Waals surface area contributed by atoms with Crippen LogP contribution < -0.4 is 5.73 Å². The number of likely N-dealkylation sites (N-methyl/N-ethyl adjacent to an activating group) is 1. The van der Waals surface area contributed by atoms with Gasteiger partial charge in [0.15, 0.2) is 5.84 Å². The van der Waals surface area contributed by atoms with E-state index in [9.17, 15) is 4.39 Å². The van der Waals surface area contributed by atoms with Crippen LogP contribution in [0.5, 0.6) is 0 Å². The van der Waals surface area contributed by atoms with Crippen LogP contribution in [0.15, 0.2) is 23.4 Å². The maximum Gasteiger partial charge on any atom is 0.156 e. The first-order chi connectivity index (χ1) is 7.95. The van der Waals surface area contributed by atoms with E-state index >= 15 is 0 Å². The number of hydrogen-bond donors (Lipinski definition) is 2. The number of nitrogens with zero attached hydrogens (tertiary/aromatic N) is 2. The van der Waals surface area contributed by atoms with Gasteiger partial charge in [-0.05, 0) is 31.7 Å². The standard InChI is InChI=1S/C11H15ClFN3O/c1-7(11(14)15-17)16(2)6-8-3-4-9(13)5-10(8)12/h3-5,7,17H,6H2,1-2H3,(H2,14,15). The summed E-state index contributed by atoms with van der Waals surface area (Å²) in [6.45, 7) is 2.28. The van der Waals surface area contributed by atoms with E-state index in [4.69, 9.17) is 22.5 Å². The van der Waals surface area contributed by atoms with Crippen LogP contribution >= 0.6 is 11.6 Å². The van der Waals surface area contributed by atoms with Crippen molar-refractivity contribution in [2.75, 3.05) is 7.05 Å². The minimum Gasteiger partial charge on any atom is -0.409 e. The maximum absolute atomic E-state index is 12.9. The lowest BCUT2D eigenvalue weighted by Crippen LogP contribution is -2.40. The maximum atomic E-state index is 12.9. The highest BCUT2D eigenvalue weighted by atomic mass is 35.5. The molecule has 0 aliphatic rings. The second-order valence-corrected chi connectivity index (χ2v) is 4.26. The van der Waals surface area contributed by atoms with Crippen LogP contribution in [0.3, 0.4) is 0 Å². The monoisotopic (exact) mass is 259 g/mol. The fraction of sp³-hybridized carbons (Fsp3) is 0.364. The molecule has 0 heterocycles. The molecule has 0 aliphatic heterocycles. The van der Waals surface area contributed by atoms with E-state index in [0.29, 0.717) is 11.6 Å². The van der Waals surface area contributed by atoms with Crippen molar-refractivity contribution >= 4 is 17.4 Å². The fourth-order valence-corrected chi connectivity index (χ4v) is 1.59. The average Bonchev–Trinajstić information content (AvgIpc) is 2.30. The Balaban J connectivity index is 2.77. The van der Waals surface area contributed by atoms with Crippen molar-refractivity contribution in [3.05, 3.63) is 34.6 Å². The molecule has 0 radical (unpaired) electrons. The van der Waals surface area contributed by atoms with Crippen molar-refractivity contribution < 1.29 is 9.60 Å². The smallest absolute Gasteiger partial charge is 0.156 e. The molecule has 1 rings (SSSR count). The lowest BCUT2D eigenvalue weighted by atomic mass is 10.2. The van der Waals surface area contributed by atoms with E-state index in [0.717, 1.165) is 5.56 Å². The van der Waals surface area contributed by atoms with E-state index in [-0.39, 0.29) is 17.7 Å². The Bertz CT molecular complexity index is 425. The van der Waals surface area contributed by atoms with Crippen molar-refractivity contribution in [3.63, 3.8) is 0 Å². The lowest BCUT2D eigenvalue weighted by Gasteiger charge is -2.23. The van der Waals surface area contributed by atoms with Crippen LogP contribution in [-0.4, -0.2) is 29.0 Å². The molecule has 94 valence electrons. The highest BCUT2D eigenvalue weighted by molar-refractivity contribution is 6.31. The Labute approximate surface area is 104 Å². The van der Waals surface area contributed by atoms with Crippen molar-refractivity contribution in [3.8, 4) is 0 Å². The summed E-state index contributed by atoms with van der Waals surface area (Å²) in [4.78, 5) is 1.84. The largest absolute Gasteiger partial charge is 0.409 e. The molecule has 0 aliphatic carbocycles. The number of halogens is 2. The minimum atomic E-state index is -0.370. The average molecular weight is 260 g/mol. The molecule has 0 saturated carbocycles. The third-order valence-corrected chi connectivity index (χ3v) is 2.99. The van der Waals surface area contributed by atoms with Gasteiger partial charge in [0, 0.05) is 11.6 Å². The summed E-state index contributed by atoms with van der Waals surface area (Å²) < 4.78 is 12.9. The number of rotatable bonds is 4. The quantitative estimate of drug-likeness (QED) is 0.377. The van der Waals surface area contributed by atoms with Gasteiger partial charge in [-0.15, -0.1) is 0 Å². The van der Waals surface area contributed by atoms with Crippen molar-refractivity contribution in [1.82, 2.24) is 4.90 Å². The van der Waals surface area contributed by atoms with Crippen molar-refractivity contribution in [2.45, 2.75) is 19.5 Å². The molecule has 1 aromatic rings. The van der Waals surface area contributed by atoms with Crippen LogP contribution in [0.25, 0.3) is 0 Å². The van der Waals surface area contributed by atoms with Crippen LogP contribution in [0, 0.1) is 5.82 Å². The Morgan fingerprint density at radius 1 is 1.65 bits per heavy atom. The first-order valence-electron chi connectivity index (χ1n) is 5.07. The van der Waals surface area contributed by atoms with Crippen LogP contribution in [0.1, 0.15) is 12.5 Å². The van der Waals surface area contributed by atoms with Gasteiger partial charge >= 0.3 is 0 Å². The van der Waals surface area contributed by atoms with E-state index in [1.54, 1.807) is 13.0 Å². The molecule has 1 unspecified atom stereocenters. The van der Waals surface area contributed by atoms with Gasteiger partial charge in [0.25, 0.3) is 0 Å². The number of nitrogens with two attached hydrogens (primary N) is 1. The molecule has 6 heteroatoms. The summed E-state index contributed by atoms with van der Waals surface area (Å²) in [6, 6.07) is 4.00. The van der Waals surface area contributed by atoms with Gasteiger partial charge in [0.2, 0.25) is 0 Å². The molecule has 4 nitrogen and oxygen atoms in total. The molecule has 1 aromatic carbocycles. The molecule has 1 atom stereocenters. The number of amidine groups is 1. The predicted molar refractivity (Wildman–Crippen MR) is 65.7 cm³/mol. The Hall–Kier alpha value is -1.33. The zero-order valence-corrected chi connectivity index (χ0v) is 10.4. The molecule has 0 amide bonds. The van der Waals surface area contributed by atoms with Crippen molar-refractivity contribution in [2.24, 2.45) is 10.9 Å². The molecular weight excluding hydrogens is 245 g/mol. The molecule has 0 fully saturated rings. The summed E-state index contributed by atoms with van der Waals surface area (Å²) in [6.07, 6.45) is 0. The lowest BCUT2D eigenvalue weighted by molar-refractivity contribution is 0.279. The fourth-order valence-electron chi connectivity index (χ4n) is 1.36. The third-order valence-electron chi connectivity index (χ3n) is 2.64. The normalized spacial score (nSPS) is 14.1. The Morgan fingerprint density at radius 3 is 2.82 bits per heavy atom. The Kier molecular flexibility index (Phi) is 4.72. The number of oxime groups is 1. The second kappa shape index (κ2) is 5.84. The first kappa shape index (κ1) is 13.7. The van der Waals surface area contributed by atoms with Gasteiger partial charge in [-0.25, -0.2) is 4.39 Å². The predicted octanol–water partition coefficient (Wildman–Crippen LogP) is 2.05. The third kappa shape index (κ3) is 3.57. The molecule has 0 aromatic heterocycles.